The molecule has 1 unspecified atom stereocenters. The molecule has 0 bridgehead atoms. The number of fused-ring (bicyclic) bond motifs is 1. The summed E-state index contributed by atoms with van der Waals surface area (Å²) in [5.41, 5.74) is 1.38. The minimum absolute atomic E-state index is 0.00217. The molecule has 9 heteroatoms. The molecule has 0 aliphatic rings. The smallest absolute Gasteiger partial charge is 0.322 e. The van der Waals surface area contributed by atoms with Gasteiger partial charge >= 0.3 is 5.97 Å². The van der Waals surface area contributed by atoms with Gasteiger partial charge in [-0.05, 0) is 29.8 Å². The molecule has 0 radical (unpaired) electrons. The minimum atomic E-state index is -1.20. The first-order valence-corrected chi connectivity index (χ1v) is 9.46. The van der Waals surface area contributed by atoms with Crippen LogP contribution in [0.4, 0.5) is 0 Å². The van der Waals surface area contributed by atoms with Crippen LogP contribution >= 0.6 is 0 Å². The lowest BCUT2D eigenvalue weighted by molar-refractivity contribution is -0.138. The van der Waals surface area contributed by atoms with E-state index in [1.807, 2.05) is 30.3 Å². The molecule has 9 nitrogen and oxygen atoms in total. The Labute approximate surface area is 177 Å². The zero-order valence-corrected chi connectivity index (χ0v) is 16.8. The van der Waals surface area contributed by atoms with Gasteiger partial charge in [-0.15, -0.1) is 0 Å². The van der Waals surface area contributed by atoms with E-state index < -0.39 is 30.4 Å². The van der Waals surface area contributed by atoms with Crippen LogP contribution in [0.2, 0.25) is 0 Å². The highest BCUT2D eigenvalue weighted by Crippen LogP contribution is 2.24. The van der Waals surface area contributed by atoms with Crippen LogP contribution in [0.1, 0.15) is 16.1 Å². The molecular formula is C22H22N2O7. The van der Waals surface area contributed by atoms with Gasteiger partial charge in [-0.3, -0.25) is 14.4 Å². The number of amides is 2. The van der Waals surface area contributed by atoms with Gasteiger partial charge in [-0.1, -0.05) is 30.3 Å². The molecule has 1 aromatic heterocycles. The lowest BCUT2D eigenvalue weighted by Gasteiger charge is -2.17. The number of nitrogens with one attached hydrogen (secondary N) is 2. The third kappa shape index (κ3) is 6.06. The summed E-state index contributed by atoms with van der Waals surface area (Å²) in [6, 6.07) is 14.8. The highest BCUT2D eigenvalue weighted by Gasteiger charge is 2.24. The van der Waals surface area contributed by atoms with Crippen LogP contribution in [-0.4, -0.2) is 49.2 Å². The maximum absolute atomic E-state index is 12.7. The summed E-state index contributed by atoms with van der Waals surface area (Å²) in [5, 5.41) is 14.2. The highest BCUT2D eigenvalue weighted by atomic mass is 16.5. The number of ether oxygens (including phenoxy) is 2. The predicted octanol–water partition coefficient (Wildman–Crippen LogP) is 1.96. The molecule has 0 spiro atoms. The molecule has 2 aromatic carbocycles. The van der Waals surface area contributed by atoms with Crippen molar-refractivity contribution in [3.05, 3.63) is 65.9 Å². The average Bonchev–Trinajstić information content (AvgIpc) is 3.21. The maximum Gasteiger partial charge on any atom is 0.322 e. The van der Waals surface area contributed by atoms with Crippen molar-refractivity contribution in [2.45, 2.75) is 12.6 Å². The Balaban J connectivity index is 1.69. The van der Waals surface area contributed by atoms with E-state index >= 15 is 0 Å². The normalized spacial score (nSPS) is 11.6. The Morgan fingerprint density at radius 1 is 1.10 bits per heavy atom. The second kappa shape index (κ2) is 10.3. The molecule has 3 N–H and O–H groups in total. The van der Waals surface area contributed by atoms with E-state index in [-0.39, 0.29) is 19.0 Å². The molecule has 3 aromatic rings. The summed E-state index contributed by atoms with van der Waals surface area (Å²) >= 11 is 0. The number of carbonyl (C=O) groups excluding carboxylic acids is 2. The Morgan fingerprint density at radius 2 is 1.87 bits per heavy atom. The molecule has 2 amide bonds. The van der Waals surface area contributed by atoms with Crippen molar-refractivity contribution in [1.29, 1.82) is 0 Å². The lowest BCUT2D eigenvalue weighted by atomic mass is 10.2. The van der Waals surface area contributed by atoms with Crippen molar-refractivity contribution in [2.75, 3.05) is 20.3 Å². The van der Waals surface area contributed by atoms with E-state index in [0.29, 0.717) is 16.7 Å². The second-order valence-corrected chi connectivity index (χ2v) is 6.65. The van der Waals surface area contributed by atoms with Gasteiger partial charge in [0.05, 0.1) is 20.3 Å². The minimum Gasteiger partial charge on any atom is -0.497 e. The Bertz CT molecular complexity index is 1060. The quantitative estimate of drug-likeness (QED) is 0.452. The fourth-order valence-corrected chi connectivity index (χ4v) is 2.83. The van der Waals surface area contributed by atoms with Crippen molar-refractivity contribution in [3.8, 4) is 5.75 Å². The number of furan rings is 1. The average molecular weight is 426 g/mol. The molecule has 1 atom stereocenters. The maximum atomic E-state index is 12.7. The number of carbonyl (C=O) groups is 3. The number of benzene rings is 2. The van der Waals surface area contributed by atoms with Gasteiger partial charge in [0.2, 0.25) is 5.91 Å². The van der Waals surface area contributed by atoms with Crippen molar-refractivity contribution in [1.82, 2.24) is 10.6 Å². The van der Waals surface area contributed by atoms with Gasteiger partial charge in [0.1, 0.15) is 23.9 Å². The zero-order chi connectivity index (χ0) is 22.2. The van der Waals surface area contributed by atoms with Crippen LogP contribution in [-0.2, 0) is 20.9 Å². The topological polar surface area (TPSA) is 127 Å². The fourth-order valence-electron chi connectivity index (χ4n) is 2.83. The second-order valence-electron chi connectivity index (χ2n) is 6.65. The van der Waals surface area contributed by atoms with Crippen molar-refractivity contribution in [3.63, 3.8) is 0 Å². The Hall–Kier alpha value is -3.85. The van der Waals surface area contributed by atoms with Crippen LogP contribution in [0.3, 0.4) is 0 Å². The van der Waals surface area contributed by atoms with E-state index in [9.17, 15) is 14.4 Å². The van der Waals surface area contributed by atoms with Crippen LogP contribution in [0.15, 0.2) is 59.0 Å². The third-order valence-electron chi connectivity index (χ3n) is 4.38. The number of methoxy groups -OCH3 is 1. The predicted molar refractivity (Wildman–Crippen MR) is 111 cm³/mol. The van der Waals surface area contributed by atoms with Crippen molar-refractivity contribution >= 4 is 28.8 Å². The molecule has 0 fully saturated rings. The summed E-state index contributed by atoms with van der Waals surface area (Å²) in [4.78, 5) is 35.8. The summed E-state index contributed by atoms with van der Waals surface area (Å²) in [5.74, 6) is -1.90. The summed E-state index contributed by atoms with van der Waals surface area (Å²) in [6.45, 7) is -0.502. The Morgan fingerprint density at radius 3 is 2.58 bits per heavy atom. The van der Waals surface area contributed by atoms with Crippen LogP contribution < -0.4 is 15.4 Å². The van der Waals surface area contributed by atoms with Gasteiger partial charge in [0.15, 0.2) is 5.76 Å². The van der Waals surface area contributed by atoms with E-state index in [0.717, 1.165) is 5.56 Å². The van der Waals surface area contributed by atoms with Gasteiger partial charge in [0, 0.05) is 5.39 Å². The van der Waals surface area contributed by atoms with Gasteiger partial charge in [0.25, 0.3) is 5.91 Å². The Kier molecular flexibility index (Phi) is 7.23. The standard InChI is InChI=1S/C22H22N2O7/c1-29-16-7-8-18-15(9-16)10-19(31-18)22(28)24-17(21(27)23-11-20(25)26)13-30-12-14-5-3-2-4-6-14/h2-10,17H,11-13H2,1H3,(H,23,27)(H,24,28)(H,25,26). The number of hydrogen-bond donors (Lipinski definition) is 3. The fraction of sp³-hybridized carbons (Fsp3) is 0.227. The third-order valence-corrected chi connectivity index (χ3v) is 4.38. The molecule has 0 aliphatic carbocycles. The summed E-state index contributed by atoms with van der Waals surface area (Å²) in [7, 11) is 1.53. The van der Waals surface area contributed by atoms with Crippen LogP contribution in [0.25, 0.3) is 11.0 Å². The largest absolute Gasteiger partial charge is 0.497 e. The van der Waals surface area contributed by atoms with Gasteiger partial charge in [-0.2, -0.15) is 0 Å². The molecule has 1 heterocycles. The number of carboxylic acids is 1. The molecule has 162 valence electrons. The lowest BCUT2D eigenvalue weighted by Crippen LogP contribution is -2.50. The molecule has 0 saturated heterocycles. The van der Waals surface area contributed by atoms with E-state index in [1.54, 1.807) is 18.2 Å². The molecule has 0 saturated carbocycles. The molecule has 3 rings (SSSR count). The molecule has 31 heavy (non-hydrogen) atoms. The first kappa shape index (κ1) is 21.8. The van der Waals surface area contributed by atoms with Crippen LogP contribution in [0, 0.1) is 0 Å². The van der Waals surface area contributed by atoms with Gasteiger partial charge < -0.3 is 29.6 Å². The first-order chi connectivity index (χ1) is 15.0. The van der Waals surface area contributed by atoms with Crippen molar-refractivity contribution in [2.24, 2.45) is 0 Å². The number of hydrogen-bond acceptors (Lipinski definition) is 6. The van der Waals surface area contributed by atoms with E-state index in [4.69, 9.17) is 19.0 Å². The van der Waals surface area contributed by atoms with Crippen molar-refractivity contribution < 1.29 is 33.4 Å². The van der Waals surface area contributed by atoms with Crippen LogP contribution in [0.5, 0.6) is 5.75 Å². The van der Waals surface area contributed by atoms with Gasteiger partial charge in [-0.25, -0.2) is 0 Å². The number of rotatable bonds is 10. The number of carboxylic acid groups (broad SMARTS) is 1. The summed E-state index contributed by atoms with van der Waals surface area (Å²) in [6.07, 6.45) is 0. The van der Waals surface area contributed by atoms with E-state index in [2.05, 4.69) is 10.6 Å². The summed E-state index contributed by atoms with van der Waals surface area (Å²) < 4.78 is 16.3. The first-order valence-electron chi connectivity index (χ1n) is 9.46. The monoisotopic (exact) mass is 426 g/mol. The molecule has 0 aliphatic heterocycles. The SMILES string of the molecule is COc1ccc2oc(C(=O)NC(COCc3ccccc3)C(=O)NCC(=O)O)cc2c1. The zero-order valence-electron chi connectivity index (χ0n) is 16.8. The van der Waals surface area contributed by atoms with E-state index in [1.165, 1.54) is 13.2 Å². The molecular weight excluding hydrogens is 404 g/mol. The highest BCUT2D eigenvalue weighted by molar-refractivity contribution is 5.99. The number of aliphatic carboxylic acids is 1.